The van der Waals surface area contributed by atoms with Crippen molar-refractivity contribution in [3.05, 3.63) is 76.5 Å². The Morgan fingerprint density at radius 1 is 1.07 bits per heavy atom. The van der Waals surface area contributed by atoms with Crippen molar-refractivity contribution in [3.8, 4) is 5.75 Å². The van der Waals surface area contributed by atoms with E-state index in [2.05, 4.69) is 22.8 Å². The fourth-order valence-electron chi connectivity index (χ4n) is 3.24. The molecule has 0 fully saturated rings. The Bertz CT molecular complexity index is 915. The molecule has 3 rings (SSSR count). The van der Waals surface area contributed by atoms with Crippen LogP contribution in [-0.4, -0.2) is 19.1 Å². The van der Waals surface area contributed by atoms with Gasteiger partial charge in [0.05, 0.1) is 18.7 Å². The maximum atomic E-state index is 12.4. The molecule has 0 saturated carbocycles. The van der Waals surface area contributed by atoms with Gasteiger partial charge in [0.25, 0.3) is 0 Å². The third-order valence-electron chi connectivity index (χ3n) is 4.82. The first-order chi connectivity index (χ1) is 13.9. The van der Waals surface area contributed by atoms with E-state index in [-0.39, 0.29) is 11.9 Å². The zero-order valence-electron chi connectivity index (χ0n) is 17.1. The number of amides is 2. The van der Waals surface area contributed by atoms with Crippen LogP contribution in [0, 0.1) is 12.8 Å². The maximum Gasteiger partial charge on any atom is 0.337 e. The number of carbonyl (C=O) groups is 2. The van der Waals surface area contributed by atoms with Gasteiger partial charge in [-0.05, 0) is 36.1 Å². The van der Waals surface area contributed by atoms with Gasteiger partial charge in [-0.15, -0.1) is 0 Å². The molecule has 0 spiro atoms. The average Bonchev–Trinajstić information content (AvgIpc) is 2.72. The van der Waals surface area contributed by atoms with Crippen molar-refractivity contribution < 1.29 is 19.1 Å². The molecular weight excluding hydrogens is 368 g/mol. The highest BCUT2D eigenvalue weighted by atomic mass is 16.5. The minimum absolute atomic E-state index is 0.0326. The Hall–Kier alpha value is -3.28. The van der Waals surface area contributed by atoms with Crippen molar-refractivity contribution in [2.45, 2.75) is 33.4 Å². The highest BCUT2D eigenvalue weighted by Crippen LogP contribution is 2.31. The van der Waals surface area contributed by atoms with Crippen LogP contribution in [0.15, 0.2) is 59.8 Å². The summed E-state index contributed by atoms with van der Waals surface area (Å²) < 4.78 is 10.8. The molecule has 2 aromatic rings. The number of allylic oxidation sites excluding steroid dienone is 1. The average molecular weight is 394 g/mol. The molecule has 152 valence electrons. The molecule has 2 aromatic carbocycles. The SMILES string of the molecule is COC(=O)C1=C(C(C)C)NC(=O)NC1c1ccc(OCc2ccc(C)cc2)cc1. The number of carbonyl (C=O) groups excluding carboxylic acids is 2. The second-order valence-electron chi connectivity index (χ2n) is 7.35. The zero-order valence-corrected chi connectivity index (χ0v) is 17.1. The van der Waals surface area contributed by atoms with Crippen LogP contribution in [-0.2, 0) is 16.1 Å². The molecule has 0 radical (unpaired) electrons. The molecule has 1 aliphatic rings. The largest absolute Gasteiger partial charge is 0.489 e. The van der Waals surface area contributed by atoms with E-state index in [4.69, 9.17) is 9.47 Å². The van der Waals surface area contributed by atoms with E-state index in [9.17, 15) is 9.59 Å². The summed E-state index contributed by atoms with van der Waals surface area (Å²) in [4.78, 5) is 24.6. The van der Waals surface area contributed by atoms with E-state index < -0.39 is 12.0 Å². The summed E-state index contributed by atoms with van der Waals surface area (Å²) >= 11 is 0. The van der Waals surface area contributed by atoms with Gasteiger partial charge in [-0.2, -0.15) is 0 Å². The van der Waals surface area contributed by atoms with Crippen molar-refractivity contribution in [2.75, 3.05) is 7.11 Å². The van der Waals surface area contributed by atoms with E-state index in [0.717, 1.165) is 11.1 Å². The summed E-state index contributed by atoms with van der Waals surface area (Å²) in [7, 11) is 1.34. The van der Waals surface area contributed by atoms with Gasteiger partial charge < -0.3 is 20.1 Å². The molecule has 0 aromatic heterocycles. The highest BCUT2D eigenvalue weighted by molar-refractivity contribution is 5.95. The fourth-order valence-corrected chi connectivity index (χ4v) is 3.24. The lowest BCUT2D eigenvalue weighted by atomic mass is 9.91. The van der Waals surface area contributed by atoms with E-state index in [0.29, 0.717) is 23.6 Å². The van der Waals surface area contributed by atoms with E-state index in [1.54, 1.807) is 0 Å². The lowest BCUT2D eigenvalue weighted by Crippen LogP contribution is -2.47. The quantitative estimate of drug-likeness (QED) is 0.726. The molecule has 0 bridgehead atoms. The van der Waals surface area contributed by atoms with Crippen molar-refractivity contribution in [1.29, 1.82) is 0 Å². The van der Waals surface area contributed by atoms with Crippen LogP contribution >= 0.6 is 0 Å². The first kappa shape index (κ1) is 20.5. The van der Waals surface area contributed by atoms with Crippen LogP contribution in [0.5, 0.6) is 5.75 Å². The normalized spacial score (nSPS) is 16.3. The van der Waals surface area contributed by atoms with Gasteiger partial charge >= 0.3 is 12.0 Å². The lowest BCUT2D eigenvalue weighted by molar-refractivity contribution is -0.136. The van der Waals surface area contributed by atoms with Gasteiger partial charge in [0.2, 0.25) is 0 Å². The minimum atomic E-state index is -0.584. The number of methoxy groups -OCH3 is 1. The standard InChI is InChI=1S/C23H26N2O4/c1-14(2)20-19(22(26)28-4)21(25-23(27)24-20)17-9-11-18(12-10-17)29-13-16-7-5-15(3)6-8-16/h5-12,14,21H,13H2,1-4H3,(H2,24,25,27). The number of nitrogens with one attached hydrogen (secondary N) is 2. The molecule has 2 amide bonds. The van der Waals surface area contributed by atoms with E-state index >= 15 is 0 Å². The second-order valence-corrected chi connectivity index (χ2v) is 7.35. The fraction of sp³-hybridized carbons (Fsp3) is 0.304. The van der Waals surface area contributed by atoms with Crippen LogP contribution in [0.2, 0.25) is 0 Å². The van der Waals surface area contributed by atoms with Gasteiger partial charge in [-0.1, -0.05) is 55.8 Å². The van der Waals surface area contributed by atoms with Crippen LogP contribution in [0.4, 0.5) is 4.79 Å². The Morgan fingerprint density at radius 3 is 2.31 bits per heavy atom. The molecule has 6 heteroatoms. The molecule has 0 saturated heterocycles. The summed E-state index contributed by atoms with van der Waals surface area (Å²) in [5, 5.41) is 5.55. The number of esters is 1. The first-order valence-electron chi connectivity index (χ1n) is 9.57. The van der Waals surface area contributed by atoms with E-state index in [1.807, 2.05) is 57.2 Å². The predicted octanol–water partition coefficient (Wildman–Crippen LogP) is 4.01. The number of urea groups is 1. The monoisotopic (exact) mass is 394 g/mol. The van der Waals surface area contributed by atoms with Gasteiger partial charge in [-0.3, -0.25) is 0 Å². The highest BCUT2D eigenvalue weighted by Gasteiger charge is 2.34. The summed E-state index contributed by atoms with van der Waals surface area (Å²) in [6, 6.07) is 14.6. The topological polar surface area (TPSA) is 76.7 Å². The van der Waals surface area contributed by atoms with Crippen molar-refractivity contribution in [3.63, 3.8) is 0 Å². The lowest BCUT2D eigenvalue weighted by Gasteiger charge is -2.30. The smallest absolute Gasteiger partial charge is 0.337 e. The van der Waals surface area contributed by atoms with Crippen LogP contribution in [0.1, 0.15) is 36.6 Å². The summed E-state index contributed by atoms with van der Waals surface area (Å²) in [6.45, 7) is 6.35. The van der Waals surface area contributed by atoms with Crippen LogP contribution in [0.25, 0.3) is 0 Å². The molecule has 1 heterocycles. The molecule has 0 aliphatic carbocycles. The number of rotatable bonds is 6. The Balaban J connectivity index is 1.81. The Kier molecular flexibility index (Phi) is 6.22. The number of hydrogen-bond donors (Lipinski definition) is 2. The van der Waals surface area contributed by atoms with Gasteiger partial charge in [0.1, 0.15) is 12.4 Å². The summed E-state index contributed by atoms with van der Waals surface area (Å²) in [6.07, 6.45) is 0. The number of benzene rings is 2. The zero-order chi connectivity index (χ0) is 21.0. The molecule has 6 nitrogen and oxygen atoms in total. The van der Waals surface area contributed by atoms with Crippen molar-refractivity contribution in [1.82, 2.24) is 10.6 Å². The van der Waals surface area contributed by atoms with Gasteiger partial charge in [0, 0.05) is 5.70 Å². The number of aryl methyl sites for hydroxylation is 1. The Morgan fingerprint density at radius 2 is 1.72 bits per heavy atom. The summed E-state index contributed by atoms with van der Waals surface area (Å²) in [5.74, 6) is 0.211. The third kappa shape index (κ3) is 4.77. The molecule has 2 N–H and O–H groups in total. The molecule has 1 unspecified atom stereocenters. The Labute approximate surface area is 170 Å². The van der Waals surface area contributed by atoms with Gasteiger partial charge in [-0.25, -0.2) is 9.59 Å². The number of hydrogen-bond acceptors (Lipinski definition) is 4. The van der Waals surface area contributed by atoms with Gasteiger partial charge in [0.15, 0.2) is 0 Å². The van der Waals surface area contributed by atoms with E-state index in [1.165, 1.54) is 12.7 Å². The first-order valence-corrected chi connectivity index (χ1v) is 9.57. The summed E-state index contributed by atoms with van der Waals surface area (Å²) in [5.41, 5.74) is 4.06. The number of ether oxygens (including phenoxy) is 2. The minimum Gasteiger partial charge on any atom is -0.489 e. The third-order valence-corrected chi connectivity index (χ3v) is 4.82. The van der Waals surface area contributed by atoms with Crippen molar-refractivity contribution >= 4 is 12.0 Å². The van der Waals surface area contributed by atoms with Crippen LogP contribution < -0.4 is 15.4 Å². The van der Waals surface area contributed by atoms with Crippen LogP contribution in [0.3, 0.4) is 0 Å². The second kappa shape index (κ2) is 8.82. The molecule has 29 heavy (non-hydrogen) atoms. The molecule has 1 atom stereocenters. The molecular formula is C23H26N2O4. The maximum absolute atomic E-state index is 12.4. The predicted molar refractivity (Wildman–Crippen MR) is 110 cm³/mol. The van der Waals surface area contributed by atoms with Crippen molar-refractivity contribution in [2.24, 2.45) is 5.92 Å². The molecule has 1 aliphatic heterocycles.